The summed E-state index contributed by atoms with van der Waals surface area (Å²) in [6.07, 6.45) is 0.795. The monoisotopic (exact) mass is 271 g/mol. The van der Waals surface area contributed by atoms with Crippen LogP contribution >= 0.6 is 11.3 Å². The predicted octanol–water partition coefficient (Wildman–Crippen LogP) is 0.979. The SMILES string of the molecule is CCC(C)N(CC(=O)O)C(=O)Cc1csc(N)n1. The zero-order valence-electron chi connectivity index (χ0n) is 10.4. The molecule has 0 radical (unpaired) electrons. The van der Waals surface area contributed by atoms with Gasteiger partial charge in [0.1, 0.15) is 6.54 Å². The van der Waals surface area contributed by atoms with E-state index in [1.54, 1.807) is 5.38 Å². The number of carbonyl (C=O) groups is 2. The quantitative estimate of drug-likeness (QED) is 0.804. The van der Waals surface area contributed by atoms with Gasteiger partial charge in [0.05, 0.1) is 12.1 Å². The maximum Gasteiger partial charge on any atom is 0.323 e. The average molecular weight is 271 g/mol. The van der Waals surface area contributed by atoms with Gasteiger partial charge in [-0.1, -0.05) is 6.92 Å². The summed E-state index contributed by atoms with van der Waals surface area (Å²) < 4.78 is 0. The van der Waals surface area contributed by atoms with Gasteiger partial charge < -0.3 is 15.7 Å². The van der Waals surface area contributed by atoms with E-state index < -0.39 is 5.97 Å². The van der Waals surface area contributed by atoms with Crippen molar-refractivity contribution in [1.29, 1.82) is 0 Å². The minimum absolute atomic E-state index is 0.0886. The molecular weight excluding hydrogens is 254 g/mol. The summed E-state index contributed by atoms with van der Waals surface area (Å²) in [5, 5.41) is 10.9. The Morgan fingerprint density at radius 3 is 2.72 bits per heavy atom. The van der Waals surface area contributed by atoms with Crippen LogP contribution in [0.15, 0.2) is 5.38 Å². The van der Waals surface area contributed by atoms with E-state index in [2.05, 4.69) is 4.98 Å². The molecule has 0 saturated heterocycles. The molecule has 1 atom stereocenters. The van der Waals surface area contributed by atoms with E-state index in [0.29, 0.717) is 17.2 Å². The topological polar surface area (TPSA) is 96.5 Å². The molecule has 0 aliphatic carbocycles. The van der Waals surface area contributed by atoms with Crippen molar-refractivity contribution in [2.24, 2.45) is 0 Å². The molecule has 0 aliphatic heterocycles. The van der Waals surface area contributed by atoms with Gasteiger partial charge in [-0.15, -0.1) is 11.3 Å². The molecule has 7 heteroatoms. The van der Waals surface area contributed by atoms with Crippen LogP contribution in [-0.4, -0.2) is 39.5 Å². The third kappa shape index (κ3) is 3.99. The molecule has 1 aromatic heterocycles. The van der Waals surface area contributed by atoms with E-state index in [1.165, 1.54) is 16.2 Å². The molecule has 0 aliphatic rings. The first-order valence-corrected chi connectivity index (χ1v) is 6.53. The molecule has 1 rings (SSSR count). The number of hydrogen-bond donors (Lipinski definition) is 2. The lowest BCUT2D eigenvalue weighted by atomic mass is 10.2. The van der Waals surface area contributed by atoms with Crippen LogP contribution in [0.5, 0.6) is 0 Å². The average Bonchev–Trinajstić information content (AvgIpc) is 2.70. The van der Waals surface area contributed by atoms with E-state index in [9.17, 15) is 9.59 Å². The zero-order chi connectivity index (χ0) is 13.7. The molecule has 0 fully saturated rings. The first kappa shape index (κ1) is 14.4. The molecule has 18 heavy (non-hydrogen) atoms. The Hall–Kier alpha value is -1.63. The lowest BCUT2D eigenvalue weighted by Crippen LogP contribution is -2.42. The molecule has 1 unspecified atom stereocenters. The first-order valence-electron chi connectivity index (χ1n) is 5.65. The van der Waals surface area contributed by atoms with Crippen molar-refractivity contribution >= 4 is 28.3 Å². The molecule has 0 bridgehead atoms. The van der Waals surface area contributed by atoms with E-state index in [0.717, 1.165) is 0 Å². The molecule has 0 aromatic carbocycles. The van der Waals surface area contributed by atoms with Gasteiger partial charge >= 0.3 is 5.97 Å². The Morgan fingerprint density at radius 2 is 2.28 bits per heavy atom. The molecule has 0 spiro atoms. The maximum absolute atomic E-state index is 12.0. The number of anilines is 1. The van der Waals surface area contributed by atoms with Gasteiger partial charge in [0.2, 0.25) is 5.91 Å². The van der Waals surface area contributed by atoms with Crippen molar-refractivity contribution < 1.29 is 14.7 Å². The van der Waals surface area contributed by atoms with Crippen molar-refractivity contribution in [2.75, 3.05) is 12.3 Å². The molecule has 1 aromatic rings. The highest BCUT2D eigenvalue weighted by molar-refractivity contribution is 7.13. The molecule has 3 N–H and O–H groups in total. The van der Waals surface area contributed by atoms with E-state index in [1.807, 2.05) is 13.8 Å². The molecule has 1 heterocycles. The van der Waals surface area contributed by atoms with Crippen molar-refractivity contribution in [3.8, 4) is 0 Å². The van der Waals surface area contributed by atoms with E-state index >= 15 is 0 Å². The molecule has 100 valence electrons. The number of nitrogen functional groups attached to an aromatic ring is 1. The highest BCUT2D eigenvalue weighted by atomic mass is 32.1. The van der Waals surface area contributed by atoms with Crippen LogP contribution < -0.4 is 5.73 Å². The Kier molecular flexibility index (Phi) is 5.08. The Labute approximate surface area is 109 Å². The number of carbonyl (C=O) groups excluding carboxylic acids is 1. The normalized spacial score (nSPS) is 12.1. The Morgan fingerprint density at radius 1 is 1.61 bits per heavy atom. The summed E-state index contributed by atoms with van der Waals surface area (Å²) in [6.45, 7) is 3.46. The second kappa shape index (κ2) is 6.34. The number of aliphatic carboxylic acids is 1. The number of nitrogens with two attached hydrogens (primary N) is 1. The van der Waals surface area contributed by atoms with Crippen LogP contribution in [0.1, 0.15) is 26.0 Å². The summed E-state index contributed by atoms with van der Waals surface area (Å²) in [5.74, 6) is -1.25. The number of rotatable bonds is 6. The summed E-state index contributed by atoms with van der Waals surface area (Å²) in [7, 11) is 0. The minimum Gasteiger partial charge on any atom is -0.480 e. The summed E-state index contributed by atoms with van der Waals surface area (Å²) in [6, 6.07) is -0.107. The van der Waals surface area contributed by atoms with E-state index in [-0.39, 0.29) is 24.9 Å². The summed E-state index contributed by atoms with van der Waals surface area (Å²) >= 11 is 1.27. The fourth-order valence-electron chi connectivity index (χ4n) is 1.52. The lowest BCUT2D eigenvalue weighted by Gasteiger charge is -2.26. The van der Waals surface area contributed by atoms with Gasteiger partial charge in [-0.2, -0.15) is 0 Å². The van der Waals surface area contributed by atoms with Crippen LogP contribution in [0, 0.1) is 0 Å². The van der Waals surface area contributed by atoms with Gasteiger partial charge in [0.15, 0.2) is 5.13 Å². The highest BCUT2D eigenvalue weighted by Crippen LogP contribution is 2.13. The molecule has 1 amide bonds. The van der Waals surface area contributed by atoms with Crippen molar-refractivity contribution in [1.82, 2.24) is 9.88 Å². The number of carboxylic acids is 1. The van der Waals surface area contributed by atoms with Crippen molar-refractivity contribution in [3.63, 3.8) is 0 Å². The summed E-state index contributed by atoms with van der Waals surface area (Å²) in [5.41, 5.74) is 6.07. The van der Waals surface area contributed by atoms with Gasteiger partial charge in [-0.25, -0.2) is 4.98 Å². The fourth-order valence-corrected chi connectivity index (χ4v) is 2.08. The molecular formula is C11H17N3O3S. The second-order valence-corrected chi connectivity index (χ2v) is 4.92. The van der Waals surface area contributed by atoms with Gasteiger partial charge in [0.25, 0.3) is 0 Å². The summed E-state index contributed by atoms with van der Waals surface area (Å²) in [4.78, 5) is 28.2. The van der Waals surface area contributed by atoms with Crippen LogP contribution in [0.25, 0.3) is 0 Å². The van der Waals surface area contributed by atoms with Crippen LogP contribution in [0.3, 0.4) is 0 Å². The van der Waals surface area contributed by atoms with Crippen LogP contribution in [0.2, 0.25) is 0 Å². The van der Waals surface area contributed by atoms with E-state index in [4.69, 9.17) is 10.8 Å². The van der Waals surface area contributed by atoms with Crippen LogP contribution in [-0.2, 0) is 16.0 Å². The second-order valence-electron chi connectivity index (χ2n) is 4.03. The number of thiazole rings is 1. The van der Waals surface area contributed by atoms with Gasteiger partial charge in [-0.3, -0.25) is 9.59 Å². The highest BCUT2D eigenvalue weighted by Gasteiger charge is 2.22. The standard InChI is InChI=1S/C11H17N3O3S/c1-3-7(2)14(5-10(16)17)9(15)4-8-6-18-11(12)13-8/h6-7H,3-5H2,1-2H3,(H2,12,13)(H,16,17). The fraction of sp³-hybridized carbons (Fsp3) is 0.545. The van der Waals surface area contributed by atoms with Gasteiger partial charge in [0, 0.05) is 11.4 Å². The number of amides is 1. The maximum atomic E-state index is 12.0. The Balaban J connectivity index is 2.72. The van der Waals surface area contributed by atoms with Crippen molar-refractivity contribution in [2.45, 2.75) is 32.7 Å². The van der Waals surface area contributed by atoms with Crippen molar-refractivity contribution in [3.05, 3.63) is 11.1 Å². The third-order valence-electron chi connectivity index (χ3n) is 2.65. The predicted molar refractivity (Wildman–Crippen MR) is 69.3 cm³/mol. The van der Waals surface area contributed by atoms with Crippen LogP contribution in [0.4, 0.5) is 5.13 Å². The Bertz CT molecular complexity index is 433. The smallest absolute Gasteiger partial charge is 0.323 e. The number of aromatic nitrogens is 1. The largest absolute Gasteiger partial charge is 0.480 e. The minimum atomic E-state index is -1.01. The first-order chi connectivity index (χ1) is 8.43. The lowest BCUT2D eigenvalue weighted by molar-refractivity contribution is -0.145. The third-order valence-corrected chi connectivity index (χ3v) is 3.37. The number of carboxylic acid groups (broad SMARTS) is 1. The molecule has 6 nitrogen and oxygen atoms in total. The van der Waals surface area contributed by atoms with Gasteiger partial charge in [-0.05, 0) is 13.3 Å². The number of nitrogens with zero attached hydrogens (tertiary/aromatic N) is 2. The molecule has 0 saturated carbocycles. The number of hydrogen-bond acceptors (Lipinski definition) is 5. The zero-order valence-corrected chi connectivity index (χ0v) is 11.2.